The molecule has 1 aromatic carbocycles. The Balaban J connectivity index is 2.26. The molecule has 0 saturated heterocycles. The molecule has 0 bridgehead atoms. The van der Waals surface area contributed by atoms with Crippen LogP contribution in [0.3, 0.4) is 0 Å². The molecule has 0 aliphatic carbocycles. The molecule has 2 rings (SSSR count). The van der Waals surface area contributed by atoms with E-state index in [4.69, 9.17) is 4.74 Å². The third-order valence-corrected chi connectivity index (χ3v) is 3.25. The first kappa shape index (κ1) is 15.5. The second-order valence-electron chi connectivity index (χ2n) is 5.76. The van der Waals surface area contributed by atoms with Gasteiger partial charge in [-0.05, 0) is 52.3 Å². The number of nitrogens with one attached hydrogen (secondary N) is 1. The van der Waals surface area contributed by atoms with Crippen LogP contribution >= 0.6 is 0 Å². The van der Waals surface area contributed by atoms with Crippen molar-refractivity contribution < 1.29 is 9.53 Å². The first-order valence-corrected chi connectivity index (χ1v) is 7.06. The summed E-state index contributed by atoms with van der Waals surface area (Å²) < 4.78 is 5.53. The molecule has 0 spiro atoms. The summed E-state index contributed by atoms with van der Waals surface area (Å²) in [6.45, 7) is 1.22. The average Bonchev–Trinajstić information content (AvgIpc) is 2.79. The zero-order valence-electron chi connectivity index (χ0n) is 13.1. The second-order valence-corrected chi connectivity index (χ2v) is 5.76. The van der Waals surface area contributed by atoms with Crippen LogP contribution in [0, 0.1) is 0 Å². The highest BCUT2D eigenvalue weighted by Crippen LogP contribution is 2.29. The molecule has 114 valence electrons. The first-order chi connectivity index (χ1) is 9.97. The van der Waals surface area contributed by atoms with E-state index >= 15 is 0 Å². The predicted molar refractivity (Wildman–Crippen MR) is 84.7 cm³/mol. The summed E-state index contributed by atoms with van der Waals surface area (Å²) in [5.41, 5.74) is 2.17. The van der Waals surface area contributed by atoms with Crippen molar-refractivity contribution in [1.82, 2.24) is 14.8 Å². The van der Waals surface area contributed by atoms with Gasteiger partial charge in [0.25, 0.3) is 0 Å². The number of nitrogens with zero attached hydrogens (tertiary/aromatic N) is 2. The highest BCUT2D eigenvalue weighted by molar-refractivity contribution is 5.91. The van der Waals surface area contributed by atoms with Crippen molar-refractivity contribution in [3.8, 4) is 5.75 Å². The van der Waals surface area contributed by atoms with Gasteiger partial charge in [-0.25, -0.2) is 0 Å². The third kappa shape index (κ3) is 4.06. The van der Waals surface area contributed by atoms with Crippen LogP contribution in [0.4, 0.5) is 0 Å². The number of esters is 1. The van der Waals surface area contributed by atoms with Crippen LogP contribution in [0.5, 0.6) is 5.75 Å². The Morgan fingerprint density at radius 2 is 1.95 bits per heavy atom. The van der Waals surface area contributed by atoms with E-state index in [1.165, 1.54) is 5.56 Å². The number of hydrogen-bond donors (Lipinski definition) is 1. The summed E-state index contributed by atoms with van der Waals surface area (Å²) in [7, 11) is 7.79. The lowest BCUT2D eigenvalue weighted by atomic mass is 10.1. The topological polar surface area (TPSA) is 48.6 Å². The lowest BCUT2D eigenvalue weighted by Crippen LogP contribution is -2.25. The Morgan fingerprint density at radius 3 is 2.62 bits per heavy atom. The molecule has 1 aromatic heterocycles. The summed E-state index contributed by atoms with van der Waals surface area (Å²) in [5, 5.41) is 1.01. The van der Waals surface area contributed by atoms with E-state index < -0.39 is 0 Å². The first-order valence-electron chi connectivity index (χ1n) is 7.06. The lowest BCUT2D eigenvalue weighted by Gasteiger charge is -2.12. The van der Waals surface area contributed by atoms with Gasteiger partial charge in [-0.1, -0.05) is 6.07 Å². The van der Waals surface area contributed by atoms with Gasteiger partial charge in [0.15, 0.2) is 0 Å². The molecule has 2 aromatic rings. The number of aromatic nitrogens is 1. The number of fused-ring (bicyclic) bond motifs is 1. The fourth-order valence-electron chi connectivity index (χ4n) is 2.26. The molecular weight excluding hydrogens is 266 g/mol. The number of carbonyl (C=O) groups is 1. The summed E-state index contributed by atoms with van der Waals surface area (Å²) in [6.07, 6.45) is 2.91. The Labute approximate surface area is 125 Å². The molecule has 1 N–H and O–H groups in total. The van der Waals surface area contributed by atoms with Crippen LogP contribution in [0.1, 0.15) is 5.56 Å². The van der Waals surface area contributed by atoms with Gasteiger partial charge in [-0.2, -0.15) is 0 Å². The van der Waals surface area contributed by atoms with Crippen LogP contribution < -0.4 is 4.74 Å². The summed E-state index contributed by atoms with van der Waals surface area (Å²) in [5.74, 6) is 0.390. The number of hydrogen-bond acceptors (Lipinski definition) is 4. The fraction of sp³-hybridized carbons (Fsp3) is 0.438. The number of rotatable bonds is 6. The molecule has 0 saturated carbocycles. The van der Waals surface area contributed by atoms with Crippen LogP contribution in [0.25, 0.3) is 10.9 Å². The molecule has 0 fully saturated rings. The second kappa shape index (κ2) is 6.74. The van der Waals surface area contributed by atoms with Gasteiger partial charge in [0.05, 0.1) is 6.54 Å². The SMILES string of the molecule is CN(C)CCc1c[nH]c2cccc(OC(=O)CN(C)C)c12. The van der Waals surface area contributed by atoms with Crippen molar-refractivity contribution in [3.05, 3.63) is 30.0 Å². The zero-order chi connectivity index (χ0) is 15.4. The van der Waals surface area contributed by atoms with Gasteiger partial charge in [-0.3, -0.25) is 9.69 Å². The Kier molecular flexibility index (Phi) is 4.98. The molecule has 5 nitrogen and oxygen atoms in total. The third-order valence-electron chi connectivity index (χ3n) is 3.25. The van der Waals surface area contributed by atoms with E-state index in [9.17, 15) is 4.79 Å². The van der Waals surface area contributed by atoms with E-state index in [0.29, 0.717) is 5.75 Å². The van der Waals surface area contributed by atoms with Crippen molar-refractivity contribution >= 4 is 16.9 Å². The standard InChI is InChI=1S/C16H23N3O2/c1-18(2)9-8-12-10-17-13-6-5-7-14(16(12)13)21-15(20)11-19(3)4/h5-7,10,17H,8-9,11H2,1-4H3. The maximum absolute atomic E-state index is 11.9. The van der Waals surface area contributed by atoms with Gasteiger partial charge in [-0.15, -0.1) is 0 Å². The Morgan fingerprint density at radius 1 is 1.19 bits per heavy atom. The van der Waals surface area contributed by atoms with E-state index in [-0.39, 0.29) is 12.5 Å². The maximum atomic E-state index is 11.9. The summed E-state index contributed by atoms with van der Waals surface area (Å²) in [4.78, 5) is 19.1. The van der Waals surface area contributed by atoms with E-state index in [1.54, 1.807) is 4.90 Å². The molecule has 0 radical (unpaired) electrons. The average molecular weight is 289 g/mol. The molecule has 1 heterocycles. The van der Waals surface area contributed by atoms with Crippen LogP contribution in [0.2, 0.25) is 0 Å². The van der Waals surface area contributed by atoms with Gasteiger partial charge >= 0.3 is 5.97 Å². The minimum atomic E-state index is -0.243. The van der Waals surface area contributed by atoms with E-state index in [2.05, 4.69) is 9.88 Å². The van der Waals surface area contributed by atoms with Crippen molar-refractivity contribution in [2.45, 2.75) is 6.42 Å². The number of benzene rings is 1. The molecule has 5 heteroatoms. The Hall–Kier alpha value is -1.85. The Bertz CT molecular complexity index is 617. The van der Waals surface area contributed by atoms with E-state index in [1.807, 2.05) is 52.6 Å². The highest BCUT2D eigenvalue weighted by Gasteiger charge is 2.13. The van der Waals surface area contributed by atoms with Crippen LogP contribution in [0.15, 0.2) is 24.4 Å². The quantitative estimate of drug-likeness (QED) is 0.650. The largest absolute Gasteiger partial charge is 0.425 e. The monoisotopic (exact) mass is 289 g/mol. The minimum absolute atomic E-state index is 0.243. The summed E-state index contributed by atoms with van der Waals surface area (Å²) in [6, 6.07) is 5.74. The lowest BCUT2D eigenvalue weighted by molar-refractivity contribution is -0.134. The maximum Gasteiger partial charge on any atom is 0.325 e. The predicted octanol–water partition coefficient (Wildman–Crippen LogP) is 1.74. The number of ether oxygens (including phenoxy) is 1. The normalized spacial score (nSPS) is 11.5. The molecule has 0 unspecified atom stereocenters. The smallest absolute Gasteiger partial charge is 0.325 e. The van der Waals surface area contributed by atoms with Gasteiger partial charge in [0, 0.05) is 23.6 Å². The van der Waals surface area contributed by atoms with Crippen molar-refractivity contribution in [2.75, 3.05) is 41.3 Å². The minimum Gasteiger partial charge on any atom is -0.425 e. The van der Waals surface area contributed by atoms with Gasteiger partial charge in [0.1, 0.15) is 5.75 Å². The molecular formula is C16H23N3O2. The van der Waals surface area contributed by atoms with Crippen LogP contribution in [-0.4, -0.2) is 62.0 Å². The molecule has 21 heavy (non-hydrogen) atoms. The number of likely N-dealkylation sites (N-methyl/N-ethyl adjacent to an activating group) is 2. The molecule has 0 amide bonds. The van der Waals surface area contributed by atoms with Crippen LogP contribution in [-0.2, 0) is 11.2 Å². The van der Waals surface area contributed by atoms with Crippen molar-refractivity contribution in [2.24, 2.45) is 0 Å². The van der Waals surface area contributed by atoms with E-state index in [0.717, 1.165) is 23.9 Å². The fourth-order valence-corrected chi connectivity index (χ4v) is 2.26. The number of aromatic amines is 1. The molecule has 0 aliphatic heterocycles. The van der Waals surface area contributed by atoms with Crippen molar-refractivity contribution in [1.29, 1.82) is 0 Å². The summed E-state index contributed by atoms with van der Waals surface area (Å²) >= 11 is 0. The zero-order valence-corrected chi connectivity index (χ0v) is 13.1. The number of carbonyl (C=O) groups excluding carboxylic acids is 1. The molecule has 0 atom stereocenters. The van der Waals surface area contributed by atoms with Crippen molar-refractivity contribution in [3.63, 3.8) is 0 Å². The number of H-pyrrole nitrogens is 1. The molecule has 0 aliphatic rings. The van der Waals surface area contributed by atoms with Gasteiger partial charge < -0.3 is 14.6 Å². The van der Waals surface area contributed by atoms with Gasteiger partial charge in [0.2, 0.25) is 0 Å². The highest BCUT2D eigenvalue weighted by atomic mass is 16.5.